The molecule has 0 aromatic heterocycles. The summed E-state index contributed by atoms with van der Waals surface area (Å²) in [6.07, 6.45) is 2.29. The minimum Gasteiger partial charge on any atom is -0.478 e. The van der Waals surface area contributed by atoms with E-state index in [-0.39, 0.29) is 16.9 Å². The van der Waals surface area contributed by atoms with Gasteiger partial charge in [0.25, 0.3) is 0 Å². The van der Waals surface area contributed by atoms with Crippen LogP contribution in [0.2, 0.25) is 0 Å². The molecule has 0 aliphatic rings. The first-order chi connectivity index (χ1) is 7.56. The molecule has 82 valence electrons. The van der Waals surface area contributed by atoms with E-state index in [4.69, 9.17) is 14.9 Å². The van der Waals surface area contributed by atoms with Gasteiger partial charge in [0, 0.05) is 6.92 Å². The van der Waals surface area contributed by atoms with E-state index in [0.29, 0.717) is 0 Å². The van der Waals surface area contributed by atoms with Crippen LogP contribution in [-0.2, 0) is 0 Å². The molecule has 0 heterocycles. The van der Waals surface area contributed by atoms with Crippen molar-refractivity contribution in [2.45, 2.75) is 6.92 Å². The van der Waals surface area contributed by atoms with Gasteiger partial charge in [-0.2, -0.15) is 0 Å². The Bertz CT molecular complexity index is 493. The summed E-state index contributed by atoms with van der Waals surface area (Å²) in [5, 5.41) is 17.6. The Morgan fingerprint density at radius 2 is 1.81 bits per heavy atom. The Hall–Kier alpha value is -2.48. The molecule has 0 amide bonds. The van der Waals surface area contributed by atoms with Gasteiger partial charge in [0.05, 0.1) is 11.1 Å². The number of hydrogen-bond donors (Lipinski definition) is 2. The van der Waals surface area contributed by atoms with Crippen LogP contribution in [0.3, 0.4) is 0 Å². The second-order valence-electron chi connectivity index (χ2n) is 2.77. The number of ether oxygens (including phenoxy) is 1. The van der Waals surface area contributed by atoms with E-state index in [1.165, 1.54) is 12.1 Å². The molecule has 0 aliphatic heterocycles. The fourth-order valence-electron chi connectivity index (χ4n) is 1.06. The lowest BCUT2D eigenvalue weighted by Gasteiger charge is -2.03. The third-order valence-electron chi connectivity index (χ3n) is 1.72. The molecule has 0 atom stereocenters. The third kappa shape index (κ3) is 2.51. The van der Waals surface area contributed by atoms with Crippen LogP contribution in [0.25, 0.3) is 0 Å². The monoisotopic (exact) mass is 220 g/mol. The lowest BCUT2D eigenvalue weighted by atomic mass is 10.1. The Morgan fingerprint density at radius 3 is 2.31 bits per heavy atom. The summed E-state index contributed by atoms with van der Waals surface area (Å²) < 4.78 is 4.86. The number of carboxylic acids is 2. The largest absolute Gasteiger partial charge is 0.478 e. The zero-order chi connectivity index (χ0) is 12.1. The van der Waals surface area contributed by atoms with Crippen molar-refractivity contribution in [1.82, 2.24) is 0 Å². The van der Waals surface area contributed by atoms with Gasteiger partial charge in [0.1, 0.15) is 11.9 Å². The van der Waals surface area contributed by atoms with E-state index in [1.54, 1.807) is 6.92 Å². The topological polar surface area (TPSA) is 83.8 Å². The molecule has 0 saturated heterocycles. The fraction of sp³-hybridized carbons (Fsp3) is 0.0909. The Labute approximate surface area is 91.3 Å². The van der Waals surface area contributed by atoms with Crippen molar-refractivity contribution in [3.05, 3.63) is 29.3 Å². The maximum Gasteiger partial charge on any atom is 0.336 e. The molecule has 16 heavy (non-hydrogen) atoms. The zero-order valence-electron chi connectivity index (χ0n) is 8.35. The molecular weight excluding hydrogens is 212 g/mol. The fourth-order valence-corrected chi connectivity index (χ4v) is 1.06. The van der Waals surface area contributed by atoms with Crippen molar-refractivity contribution >= 4 is 11.9 Å². The summed E-state index contributed by atoms with van der Waals surface area (Å²) in [6, 6.07) is 3.63. The number of aromatic carboxylic acids is 2. The maximum atomic E-state index is 10.8. The maximum absolute atomic E-state index is 10.8. The summed E-state index contributed by atoms with van der Waals surface area (Å²) in [5.74, 6) is 0.0307. The second kappa shape index (κ2) is 4.84. The molecule has 0 unspecified atom stereocenters. The van der Waals surface area contributed by atoms with Crippen LogP contribution < -0.4 is 4.74 Å². The second-order valence-corrected chi connectivity index (χ2v) is 2.77. The molecule has 1 rings (SSSR count). The molecule has 2 N–H and O–H groups in total. The van der Waals surface area contributed by atoms with Crippen molar-refractivity contribution in [3.63, 3.8) is 0 Å². The molecule has 0 spiro atoms. The molecule has 0 bridgehead atoms. The van der Waals surface area contributed by atoms with Gasteiger partial charge in [-0.1, -0.05) is 5.92 Å². The van der Waals surface area contributed by atoms with Gasteiger partial charge in [0.15, 0.2) is 0 Å². The van der Waals surface area contributed by atoms with Crippen molar-refractivity contribution < 1.29 is 24.5 Å². The SMILES string of the molecule is CC#COc1ccc(C(=O)O)c(C(=O)O)c1. The molecule has 5 heteroatoms. The van der Waals surface area contributed by atoms with Crippen molar-refractivity contribution in [1.29, 1.82) is 0 Å². The summed E-state index contributed by atoms with van der Waals surface area (Å²) in [4.78, 5) is 21.5. The molecule has 1 aromatic carbocycles. The number of carbonyl (C=O) groups is 2. The first-order valence-corrected chi connectivity index (χ1v) is 4.25. The molecule has 0 saturated carbocycles. The van der Waals surface area contributed by atoms with Crippen LogP contribution >= 0.6 is 0 Å². The van der Waals surface area contributed by atoms with Gasteiger partial charge < -0.3 is 14.9 Å². The van der Waals surface area contributed by atoms with E-state index in [9.17, 15) is 9.59 Å². The highest BCUT2D eigenvalue weighted by Gasteiger charge is 2.16. The summed E-state index contributed by atoms with van der Waals surface area (Å²) >= 11 is 0. The van der Waals surface area contributed by atoms with Crippen LogP contribution in [0.5, 0.6) is 5.75 Å². The van der Waals surface area contributed by atoms with E-state index in [0.717, 1.165) is 6.07 Å². The first kappa shape index (κ1) is 11.6. The predicted octanol–water partition coefficient (Wildman–Crippen LogP) is 1.44. The zero-order valence-corrected chi connectivity index (χ0v) is 8.35. The molecule has 1 aromatic rings. The van der Waals surface area contributed by atoms with Gasteiger partial charge in [-0.25, -0.2) is 9.59 Å². The van der Waals surface area contributed by atoms with E-state index in [2.05, 4.69) is 12.0 Å². The predicted molar refractivity (Wildman–Crippen MR) is 54.4 cm³/mol. The smallest absolute Gasteiger partial charge is 0.336 e. The number of carboxylic acid groups (broad SMARTS) is 2. The van der Waals surface area contributed by atoms with Gasteiger partial charge in [0.2, 0.25) is 0 Å². The summed E-state index contributed by atoms with van der Waals surface area (Å²) in [7, 11) is 0. The van der Waals surface area contributed by atoms with Gasteiger partial charge in [-0.3, -0.25) is 0 Å². The van der Waals surface area contributed by atoms with Gasteiger partial charge in [-0.05, 0) is 18.2 Å². The molecule has 0 fully saturated rings. The van der Waals surface area contributed by atoms with Crippen LogP contribution in [0.15, 0.2) is 18.2 Å². The van der Waals surface area contributed by atoms with E-state index < -0.39 is 11.9 Å². The molecule has 0 aliphatic carbocycles. The highest BCUT2D eigenvalue weighted by Crippen LogP contribution is 2.18. The van der Waals surface area contributed by atoms with Crippen molar-refractivity contribution in [2.24, 2.45) is 0 Å². The van der Waals surface area contributed by atoms with Gasteiger partial charge >= 0.3 is 11.9 Å². The van der Waals surface area contributed by atoms with E-state index >= 15 is 0 Å². The van der Waals surface area contributed by atoms with Crippen LogP contribution in [0.1, 0.15) is 27.6 Å². The van der Waals surface area contributed by atoms with Crippen LogP contribution in [0, 0.1) is 12.0 Å². The number of hydrogen-bond acceptors (Lipinski definition) is 3. The van der Waals surface area contributed by atoms with Crippen LogP contribution in [-0.4, -0.2) is 22.2 Å². The summed E-state index contributed by atoms with van der Waals surface area (Å²) in [6.45, 7) is 1.56. The van der Waals surface area contributed by atoms with Crippen LogP contribution in [0.4, 0.5) is 0 Å². The minimum absolute atomic E-state index is 0.191. The first-order valence-electron chi connectivity index (χ1n) is 4.25. The average molecular weight is 220 g/mol. The normalized spacial score (nSPS) is 8.81. The van der Waals surface area contributed by atoms with E-state index in [1.807, 2.05) is 0 Å². The lowest BCUT2D eigenvalue weighted by molar-refractivity contribution is 0.0651. The number of rotatable bonds is 3. The highest BCUT2D eigenvalue weighted by atomic mass is 16.5. The molecular formula is C11H8O5. The number of benzene rings is 1. The lowest BCUT2D eigenvalue weighted by Crippen LogP contribution is -2.07. The Morgan fingerprint density at radius 1 is 1.19 bits per heavy atom. The Kier molecular flexibility index (Phi) is 3.51. The average Bonchev–Trinajstić information content (AvgIpc) is 2.25. The quantitative estimate of drug-likeness (QED) is 0.753. The Balaban J connectivity index is 3.20. The van der Waals surface area contributed by atoms with Gasteiger partial charge in [-0.15, -0.1) is 0 Å². The standard InChI is InChI=1S/C11H8O5/c1-2-5-16-7-3-4-8(10(12)13)9(6-7)11(14)15/h3-4,6H,1H3,(H,12,13)(H,14,15). The third-order valence-corrected chi connectivity index (χ3v) is 1.72. The van der Waals surface area contributed by atoms with Crippen molar-refractivity contribution in [3.8, 4) is 17.8 Å². The van der Waals surface area contributed by atoms with Crippen molar-refractivity contribution in [2.75, 3.05) is 0 Å². The molecule has 0 radical (unpaired) electrons. The summed E-state index contributed by atoms with van der Waals surface area (Å²) in [5.41, 5.74) is -0.618. The highest BCUT2D eigenvalue weighted by molar-refractivity contribution is 6.01. The molecule has 5 nitrogen and oxygen atoms in total. The minimum atomic E-state index is -1.33.